The monoisotopic (exact) mass is 715 g/mol. The molecule has 3 heterocycles. The SMILES string of the molecule is CC[C@@H]1C[C@H](N(Cc2cc(C(F)(F)F)cc(C(F)(F)F)c2)c2ncc(N3CCOCC3)cn2)C[C@H](CC)N1C(=O)O[C@H]1CC[C@H](C(=O)O)CC1. The van der Waals surface area contributed by atoms with E-state index < -0.39 is 53.6 Å². The van der Waals surface area contributed by atoms with Crippen molar-refractivity contribution in [3.8, 4) is 0 Å². The van der Waals surface area contributed by atoms with Crippen molar-refractivity contribution in [1.29, 1.82) is 0 Å². The Labute approximate surface area is 286 Å². The predicted octanol–water partition coefficient (Wildman–Crippen LogP) is 7.16. The summed E-state index contributed by atoms with van der Waals surface area (Å²) in [5.74, 6) is -1.18. The van der Waals surface area contributed by atoms with Crippen molar-refractivity contribution in [2.45, 2.75) is 108 Å². The average Bonchev–Trinajstić information content (AvgIpc) is 3.09. The van der Waals surface area contributed by atoms with Crippen molar-refractivity contribution in [1.82, 2.24) is 14.9 Å². The summed E-state index contributed by atoms with van der Waals surface area (Å²) in [4.78, 5) is 39.5. The fraction of sp³-hybridized carbons (Fsp3) is 0.647. The summed E-state index contributed by atoms with van der Waals surface area (Å²) in [6.07, 6.45) is -4.33. The number of carbonyl (C=O) groups excluding carboxylic acids is 1. The highest BCUT2D eigenvalue weighted by atomic mass is 19.4. The molecule has 50 heavy (non-hydrogen) atoms. The molecular weight excluding hydrogens is 672 g/mol. The van der Waals surface area contributed by atoms with Crippen molar-refractivity contribution >= 4 is 23.7 Å². The molecule has 3 fully saturated rings. The molecule has 5 rings (SSSR count). The zero-order chi connectivity index (χ0) is 36.2. The quantitative estimate of drug-likeness (QED) is 0.271. The van der Waals surface area contributed by atoms with E-state index in [0.717, 1.165) is 12.1 Å². The van der Waals surface area contributed by atoms with Crippen LogP contribution >= 0.6 is 0 Å². The summed E-state index contributed by atoms with van der Waals surface area (Å²) < 4.78 is 94.2. The van der Waals surface area contributed by atoms with Crippen molar-refractivity contribution in [3.05, 3.63) is 47.3 Å². The van der Waals surface area contributed by atoms with Crippen LogP contribution in [0.25, 0.3) is 0 Å². The van der Waals surface area contributed by atoms with E-state index in [4.69, 9.17) is 9.47 Å². The van der Waals surface area contributed by atoms with E-state index in [0.29, 0.717) is 83.4 Å². The van der Waals surface area contributed by atoms with Gasteiger partial charge < -0.3 is 29.3 Å². The van der Waals surface area contributed by atoms with Gasteiger partial charge >= 0.3 is 24.4 Å². The van der Waals surface area contributed by atoms with Crippen LogP contribution in [0.3, 0.4) is 0 Å². The van der Waals surface area contributed by atoms with E-state index in [1.807, 2.05) is 18.7 Å². The summed E-state index contributed by atoms with van der Waals surface area (Å²) in [6.45, 7) is 5.74. The Kier molecular flexibility index (Phi) is 11.7. The topological polar surface area (TPSA) is 108 Å². The number of morpholine rings is 1. The molecular formula is C34H43F6N5O5. The van der Waals surface area contributed by atoms with Gasteiger partial charge in [0.05, 0.1) is 48.3 Å². The average molecular weight is 716 g/mol. The first-order valence-corrected chi connectivity index (χ1v) is 17.1. The van der Waals surface area contributed by atoms with Crippen LogP contribution in [0.2, 0.25) is 0 Å². The molecule has 3 aliphatic rings. The Morgan fingerprint density at radius 3 is 1.92 bits per heavy atom. The highest BCUT2D eigenvalue weighted by Gasteiger charge is 2.42. The van der Waals surface area contributed by atoms with Crippen molar-refractivity contribution < 1.29 is 50.5 Å². The molecule has 1 N–H and O–H groups in total. The summed E-state index contributed by atoms with van der Waals surface area (Å²) in [5.41, 5.74) is -2.30. The second-order valence-corrected chi connectivity index (χ2v) is 13.2. The van der Waals surface area contributed by atoms with Gasteiger partial charge in [0, 0.05) is 37.8 Å². The molecule has 2 saturated heterocycles. The number of alkyl halides is 6. The summed E-state index contributed by atoms with van der Waals surface area (Å²) in [7, 11) is 0. The normalized spacial score (nSPS) is 24.9. The number of aliphatic carboxylic acids is 1. The second kappa shape index (κ2) is 15.6. The maximum atomic E-state index is 13.8. The number of carboxylic acid groups (broad SMARTS) is 1. The summed E-state index contributed by atoms with van der Waals surface area (Å²) >= 11 is 0. The Morgan fingerprint density at radius 1 is 0.900 bits per heavy atom. The molecule has 1 amide bonds. The first-order valence-electron chi connectivity index (χ1n) is 17.1. The highest BCUT2D eigenvalue weighted by molar-refractivity contribution is 5.70. The lowest BCUT2D eigenvalue weighted by molar-refractivity contribution is -0.144. The van der Waals surface area contributed by atoms with Crippen LogP contribution in [0.4, 0.5) is 42.8 Å². The van der Waals surface area contributed by atoms with Gasteiger partial charge in [0.25, 0.3) is 0 Å². The number of aromatic nitrogens is 2. The van der Waals surface area contributed by atoms with Gasteiger partial charge in [-0.15, -0.1) is 0 Å². The Bertz CT molecular complexity index is 1420. The lowest BCUT2D eigenvalue weighted by atomic mass is 9.87. The van der Waals surface area contributed by atoms with Gasteiger partial charge in [-0.3, -0.25) is 4.79 Å². The molecule has 0 spiro atoms. The number of amides is 1. The standard InChI is InChI=1S/C34H43F6N5O5/c1-3-25-16-27(17-26(4-2)45(25)32(48)50-29-7-5-22(6-8-29)30(46)47)44(31-41-18-28(19-42-31)43-9-11-49-12-10-43)20-21-13-23(33(35,36)37)15-24(14-21)34(38,39)40/h13-15,18-19,22,25-27,29H,3-12,16-17,20H2,1-2H3,(H,46,47)/t22-,25-,26+,27+,29-. The van der Waals surface area contributed by atoms with Crippen LogP contribution in [0.1, 0.15) is 81.9 Å². The van der Waals surface area contributed by atoms with E-state index in [9.17, 15) is 41.0 Å². The van der Waals surface area contributed by atoms with E-state index in [1.54, 1.807) is 22.2 Å². The second-order valence-electron chi connectivity index (χ2n) is 13.2. The lowest BCUT2D eigenvalue weighted by Crippen LogP contribution is -2.57. The maximum absolute atomic E-state index is 13.8. The van der Waals surface area contributed by atoms with Gasteiger partial charge in [-0.2, -0.15) is 26.3 Å². The molecule has 2 aliphatic heterocycles. The smallest absolute Gasteiger partial charge is 0.416 e. The minimum absolute atomic E-state index is 0.111. The molecule has 2 aromatic rings. The Balaban J connectivity index is 1.44. The number of piperidine rings is 1. The summed E-state index contributed by atoms with van der Waals surface area (Å²) in [5, 5.41) is 9.32. The van der Waals surface area contributed by atoms with Crippen LogP contribution in [0, 0.1) is 5.92 Å². The van der Waals surface area contributed by atoms with Crippen molar-refractivity contribution in [2.24, 2.45) is 5.92 Å². The van der Waals surface area contributed by atoms with Crippen LogP contribution in [0.15, 0.2) is 30.6 Å². The van der Waals surface area contributed by atoms with Gasteiger partial charge in [-0.25, -0.2) is 14.8 Å². The van der Waals surface area contributed by atoms with Gasteiger partial charge in [0.1, 0.15) is 6.10 Å². The Morgan fingerprint density at radius 2 is 1.44 bits per heavy atom. The largest absolute Gasteiger partial charge is 0.481 e. The van der Waals surface area contributed by atoms with Gasteiger partial charge in [0.15, 0.2) is 0 Å². The predicted molar refractivity (Wildman–Crippen MR) is 171 cm³/mol. The van der Waals surface area contributed by atoms with Crippen LogP contribution in [0.5, 0.6) is 0 Å². The molecule has 1 aliphatic carbocycles. The zero-order valence-electron chi connectivity index (χ0n) is 28.0. The minimum Gasteiger partial charge on any atom is -0.481 e. The molecule has 1 saturated carbocycles. The van der Waals surface area contributed by atoms with E-state index in [2.05, 4.69) is 9.97 Å². The molecule has 3 atom stereocenters. The first-order chi connectivity index (χ1) is 23.7. The number of nitrogens with zero attached hydrogens (tertiary/aromatic N) is 5. The molecule has 1 aromatic carbocycles. The third kappa shape index (κ3) is 8.90. The highest BCUT2D eigenvalue weighted by Crippen LogP contribution is 2.39. The molecule has 276 valence electrons. The van der Waals surface area contributed by atoms with Crippen molar-refractivity contribution in [3.63, 3.8) is 0 Å². The van der Waals surface area contributed by atoms with Crippen molar-refractivity contribution in [2.75, 3.05) is 36.1 Å². The number of halogens is 6. The number of ether oxygens (including phenoxy) is 2. The third-order valence-corrected chi connectivity index (χ3v) is 10.0. The number of carbonyl (C=O) groups is 2. The third-order valence-electron chi connectivity index (χ3n) is 10.0. The molecule has 16 heteroatoms. The number of benzene rings is 1. The maximum Gasteiger partial charge on any atom is 0.416 e. The van der Waals surface area contributed by atoms with Crippen LogP contribution in [-0.2, 0) is 33.2 Å². The molecule has 10 nitrogen and oxygen atoms in total. The minimum atomic E-state index is -5.00. The molecule has 0 bridgehead atoms. The zero-order valence-corrected chi connectivity index (χ0v) is 28.0. The fourth-order valence-electron chi connectivity index (χ4n) is 7.28. The first kappa shape index (κ1) is 37.4. The molecule has 1 aromatic heterocycles. The molecule has 0 unspecified atom stereocenters. The van der Waals surface area contributed by atoms with E-state index >= 15 is 0 Å². The number of carboxylic acids is 1. The number of hydrogen-bond donors (Lipinski definition) is 1. The van der Waals surface area contributed by atoms with Gasteiger partial charge in [0.2, 0.25) is 5.95 Å². The Hall–Kier alpha value is -3.82. The number of hydrogen-bond acceptors (Lipinski definition) is 8. The number of anilines is 2. The van der Waals surface area contributed by atoms with Gasteiger partial charge in [-0.05, 0) is 75.1 Å². The van der Waals surface area contributed by atoms with Crippen LogP contribution in [-0.4, -0.2) is 82.6 Å². The summed E-state index contributed by atoms with van der Waals surface area (Å²) in [6, 6.07) is 0.403. The molecule has 0 radical (unpaired) electrons. The van der Waals surface area contributed by atoms with E-state index in [-0.39, 0.29) is 36.2 Å². The number of rotatable bonds is 9. The lowest BCUT2D eigenvalue weighted by Gasteiger charge is -2.47. The van der Waals surface area contributed by atoms with E-state index in [1.165, 1.54) is 0 Å². The van der Waals surface area contributed by atoms with Crippen LogP contribution < -0.4 is 9.80 Å². The van der Waals surface area contributed by atoms with Gasteiger partial charge in [-0.1, -0.05) is 13.8 Å². The fourth-order valence-corrected chi connectivity index (χ4v) is 7.28. The number of likely N-dealkylation sites (tertiary alicyclic amines) is 1.